The number of hydrogen-bond donors (Lipinski definition) is 1. The molecule has 1 amide bonds. The predicted octanol–water partition coefficient (Wildman–Crippen LogP) is 7.02. The minimum Gasteiger partial charge on any atom is -0.436 e. The monoisotopic (exact) mass is 448 g/mol. The molecular formula is C24H21BrN2O2. The Hall–Kier alpha value is -2.92. The summed E-state index contributed by atoms with van der Waals surface area (Å²) in [6.45, 7) is 4.39. The summed E-state index contributed by atoms with van der Waals surface area (Å²) >= 11 is 3.41. The quantitative estimate of drug-likeness (QED) is 0.356. The van der Waals surface area contributed by atoms with Gasteiger partial charge < -0.3 is 9.73 Å². The Morgan fingerprint density at radius 3 is 2.59 bits per heavy atom. The molecule has 0 aliphatic rings. The van der Waals surface area contributed by atoms with Crippen molar-refractivity contribution in [2.75, 3.05) is 5.32 Å². The molecule has 29 heavy (non-hydrogen) atoms. The van der Waals surface area contributed by atoms with Crippen LogP contribution >= 0.6 is 15.9 Å². The van der Waals surface area contributed by atoms with Crippen LogP contribution in [0, 0.1) is 0 Å². The molecule has 1 N–H and O–H groups in total. The van der Waals surface area contributed by atoms with Crippen LogP contribution in [0.4, 0.5) is 5.69 Å². The number of nitrogens with zero attached hydrogens (tertiary/aromatic N) is 1. The molecule has 4 nitrogen and oxygen atoms in total. The maximum atomic E-state index is 12.4. The molecule has 0 aliphatic carbocycles. The summed E-state index contributed by atoms with van der Waals surface area (Å²) in [4.78, 5) is 17.1. The highest BCUT2D eigenvalue weighted by Gasteiger charge is 2.12. The molecule has 1 atom stereocenters. The molecule has 3 aromatic carbocycles. The molecule has 1 aromatic heterocycles. The molecule has 146 valence electrons. The lowest BCUT2D eigenvalue weighted by Crippen LogP contribution is -2.12. The van der Waals surface area contributed by atoms with Gasteiger partial charge in [-0.25, -0.2) is 4.98 Å². The largest absolute Gasteiger partial charge is 0.436 e. The van der Waals surface area contributed by atoms with E-state index in [1.165, 1.54) is 5.56 Å². The summed E-state index contributed by atoms with van der Waals surface area (Å²) in [6, 6.07) is 21.0. The molecule has 5 heteroatoms. The Morgan fingerprint density at radius 2 is 1.86 bits per heavy atom. The number of fused-ring (bicyclic) bond motifs is 1. The van der Waals surface area contributed by atoms with Crippen LogP contribution < -0.4 is 5.32 Å². The first kappa shape index (κ1) is 19.4. The van der Waals surface area contributed by atoms with E-state index in [1.54, 1.807) is 6.07 Å². The summed E-state index contributed by atoms with van der Waals surface area (Å²) in [7, 11) is 0. The molecule has 0 radical (unpaired) electrons. The lowest BCUT2D eigenvalue weighted by molar-refractivity contribution is 0.102. The second-order valence-corrected chi connectivity index (χ2v) is 7.92. The number of nitrogens with one attached hydrogen (secondary N) is 1. The molecule has 0 saturated heterocycles. The number of carbonyl (C=O) groups excluding carboxylic acids is 1. The van der Waals surface area contributed by atoms with Gasteiger partial charge in [-0.2, -0.15) is 0 Å². The predicted molar refractivity (Wildman–Crippen MR) is 120 cm³/mol. The number of benzene rings is 3. The molecule has 0 spiro atoms. The lowest BCUT2D eigenvalue weighted by Gasteiger charge is -2.07. The molecule has 0 saturated carbocycles. The third kappa shape index (κ3) is 4.10. The van der Waals surface area contributed by atoms with Crippen molar-refractivity contribution in [2.45, 2.75) is 26.2 Å². The van der Waals surface area contributed by atoms with Crippen molar-refractivity contribution in [3.8, 4) is 11.5 Å². The summed E-state index contributed by atoms with van der Waals surface area (Å²) in [5.74, 6) is 0.904. The Bertz CT molecular complexity index is 1170. The summed E-state index contributed by atoms with van der Waals surface area (Å²) in [5, 5.41) is 2.91. The van der Waals surface area contributed by atoms with Gasteiger partial charge in [0.2, 0.25) is 5.89 Å². The summed E-state index contributed by atoms with van der Waals surface area (Å²) in [6.07, 6.45) is 1.09. The molecule has 0 bridgehead atoms. The average molecular weight is 449 g/mol. The number of oxazole rings is 1. The highest BCUT2D eigenvalue weighted by atomic mass is 79.9. The first-order chi connectivity index (χ1) is 14.0. The molecule has 0 aliphatic heterocycles. The van der Waals surface area contributed by atoms with E-state index in [2.05, 4.69) is 52.2 Å². The smallest absolute Gasteiger partial charge is 0.256 e. The van der Waals surface area contributed by atoms with Crippen LogP contribution in [-0.4, -0.2) is 10.9 Å². The van der Waals surface area contributed by atoms with Crippen LogP contribution in [0.1, 0.15) is 42.1 Å². The van der Waals surface area contributed by atoms with Gasteiger partial charge in [0, 0.05) is 15.7 Å². The van der Waals surface area contributed by atoms with Crippen molar-refractivity contribution in [2.24, 2.45) is 0 Å². The van der Waals surface area contributed by atoms with E-state index in [-0.39, 0.29) is 5.91 Å². The number of aromatic nitrogens is 1. The standard InChI is InChI=1S/C24H21BrN2O2/c1-3-15(2)17-10-13-22-21(14-17)27-24(29-22)16-8-11-18(12-9-16)26-23(28)19-6-4-5-7-20(19)25/h4-15H,3H2,1-2H3,(H,26,28)/t15-/m1/s1. The van der Waals surface area contributed by atoms with Gasteiger partial charge >= 0.3 is 0 Å². The van der Waals surface area contributed by atoms with E-state index in [1.807, 2.05) is 48.5 Å². The average Bonchev–Trinajstić information content (AvgIpc) is 3.17. The number of anilines is 1. The zero-order valence-corrected chi connectivity index (χ0v) is 17.9. The minimum absolute atomic E-state index is 0.162. The minimum atomic E-state index is -0.162. The highest BCUT2D eigenvalue weighted by molar-refractivity contribution is 9.10. The summed E-state index contributed by atoms with van der Waals surface area (Å²) < 4.78 is 6.69. The highest BCUT2D eigenvalue weighted by Crippen LogP contribution is 2.28. The van der Waals surface area contributed by atoms with Crippen molar-refractivity contribution in [1.29, 1.82) is 0 Å². The van der Waals surface area contributed by atoms with Gasteiger partial charge in [-0.15, -0.1) is 0 Å². The number of rotatable bonds is 5. The normalized spacial score (nSPS) is 12.1. The second kappa shape index (κ2) is 8.21. The molecule has 0 unspecified atom stereocenters. The first-order valence-corrected chi connectivity index (χ1v) is 10.4. The zero-order valence-electron chi connectivity index (χ0n) is 16.3. The summed E-state index contributed by atoms with van der Waals surface area (Å²) in [5.41, 5.74) is 5.08. The van der Waals surface area contributed by atoms with Crippen LogP contribution in [0.5, 0.6) is 0 Å². The maximum Gasteiger partial charge on any atom is 0.256 e. The lowest BCUT2D eigenvalue weighted by atomic mass is 9.98. The van der Waals surface area contributed by atoms with Crippen LogP contribution in [0.2, 0.25) is 0 Å². The first-order valence-electron chi connectivity index (χ1n) is 9.62. The van der Waals surface area contributed by atoms with Crippen molar-refractivity contribution in [3.05, 3.63) is 82.3 Å². The van der Waals surface area contributed by atoms with E-state index in [0.717, 1.165) is 27.6 Å². The van der Waals surface area contributed by atoms with E-state index in [9.17, 15) is 4.79 Å². The third-order valence-electron chi connectivity index (χ3n) is 5.10. The molecular weight excluding hydrogens is 428 g/mol. The van der Waals surface area contributed by atoms with E-state index in [4.69, 9.17) is 4.42 Å². The fourth-order valence-electron chi connectivity index (χ4n) is 3.15. The van der Waals surface area contributed by atoms with Gasteiger partial charge in [-0.1, -0.05) is 32.0 Å². The van der Waals surface area contributed by atoms with Crippen LogP contribution in [-0.2, 0) is 0 Å². The van der Waals surface area contributed by atoms with Crippen molar-refractivity contribution >= 4 is 38.6 Å². The van der Waals surface area contributed by atoms with Gasteiger partial charge in [0.25, 0.3) is 5.91 Å². The molecule has 0 fully saturated rings. The van der Waals surface area contributed by atoms with Crippen LogP contribution in [0.25, 0.3) is 22.6 Å². The van der Waals surface area contributed by atoms with E-state index >= 15 is 0 Å². The Kier molecular flexibility index (Phi) is 5.49. The van der Waals surface area contributed by atoms with Gasteiger partial charge in [0.1, 0.15) is 5.52 Å². The van der Waals surface area contributed by atoms with Gasteiger partial charge in [0.15, 0.2) is 5.58 Å². The topological polar surface area (TPSA) is 55.1 Å². The Labute approximate surface area is 178 Å². The fraction of sp³-hybridized carbons (Fsp3) is 0.167. The van der Waals surface area contributed by atoms with Crippen molar-refractivity contribution in [3.63, 3.8) is 0 Å². The van der Waals surface area contributed by atoms with Crippen LogP contribution in [0.3, 0.4) is 0 Å². The van der Waals surface area contributed by atoms with Gasteiger partial charge in [0.05, 0.1) is 5.56 Å². The van der Waals surface area contributed by atoms with E-state index in [0.29, 0.717) is 23.1 Å². The Balaban J connectivity index is 1.54. The number of hydrogen-bond acceptors (Lipinski definition) is 3. The molecule has 1 heterocycles. The van der Waals surface area contributed by atoms with E-state index < -0.39 is 0 Å². The van der Waals surface area contributed by atoms with Gasteiger partial charge in [-0.05, 0) is 82.4 Å². The SMILES string of the molecule is CC[C@@H](C)c1ccc2oc(-c3ccc(NC(=O)c4ccccc4Br)cc3)nc2c1. The fourth-order valence-corrected chi connectivity index (χ4v) is 3.61. The van der Waals surface area contributed by atoms with Crippen molar-refractivity contribution < 1.29 is 9.21 Å². The van der Waals surface area contributed by atoms with Crippen LogP contribution in [0.15, 0.2) is 75.6 Å². The second-order valence-electron chi connectivity index (χ2n) is 7.07. The van der Waals surface area contributed by atoms with Crippen molar-refractivity contribution in [1.82, 2.24) is 4.98 Å². The number of carbonyl (C=O) groups is 1. The number of halogens is 1. The maximum absolute atomic E-state index is 12.4. The third-order valence-corrected chi connectivity index (χ3v) is 5.79. The number of amides is 1. The van der Waals surface area contributed by atoms with Gasteiger partial charge in [-0.3, -0.25) is 4.79 Å². The molecule has 4 aromatic rings. The Morgan fingerprint density at radius 1 is 1.10 bits per heavy atom. The molecule has 4 rings (SSSR count). The zero-order chi connectivity index (χ0) is 20.4.